The number of imidazole rings is 1. The highest BCUT2D eigenvalue weighted by Gasteiger charge is 2.22. The third-order valence-electron chi connectivity index (χ3n) is 6.52. The molecule has 1 N–H and O–H groups in total. The monoisotopic (exact) mass is 462 g/mol. The fourth-order valence-corrected chi connectivity index (χ4v) is 4.57. The van der Waals surface area contributed by atoms with Crippen LogP contribution >= 0.6 is 0 Å². The summed E-state index contributed by atoms with van der Waals surface area (Å²) in [5.41, 5.74) is 8.05. The number of rotatable bonds is 6. The van der Waals surface area contributed by atoms with Crippen molar-refractivity contribution in [1.29, 1.82) is 5.26 Å². The van der Waals surface area contributed by atoms with E-state index in [1.165, 1.54) is 11.1 Å². The molecule has 5 aromatic rings. The van der Waals surface area contributed by atoms with Crippen LogP contribution in [-0.4, -0.2) is 23.6 Å². The van der Waals surface area contributed by atoms with E-state index in [9.17, 15) is 5.26 Å². The average Bonchev–Trinajstić information content (AvgIpc) is 3.26. The van der Waals surface area contributed by atoms with Crippen LogP contribution in [0.25, 0.3) is 16.7 Å². The molecule has 0 fully saturated rings. The SMILES string of the molecule is COc1ccc(OC)c(Nc2c(Cc3ccccc3C)c(C)c(C#N)c3nc4ccccc4n23)c1. The number of nitrogens with zero attached hydrogens (tertiary/aromatic N) is 3. The minimum absolute atomic E-state index is 0.577. The number of anilines is 2. The average molecular weight is 463 g/mol. The Kier molecular flexibility index (Phi) is 5.76. The van der Waals surface area contributed by atoms with Crippen molar-refractivity contribution in [2.75, 3.05) is 19.5 Å². The standard InChI is InChI=1S/C29H26N4O2/c1-18-9-5-6-10-20(18)15-22-19(2)23(17-30)29-31-24-11-7-8-12-26(24)33(29)28(22)32-25-16-21(34-3)13-14-27(25)35-4/h5-14,16,32H,15H2,1-4H3. The maximum absolute atomic E-state index is 10.2. The first-order valence-corrected chi connectivity index (χ1v) is 11.4. The summed E-state index contributed by atoms with van der Waals surface area (Å²) in [4.78, 5) is 4.84. The van der Waals surface area contributed by atoms with Crippen LogP contribution in [0.5, 0.6) is 11.5 Å². The maximum atomic E-state index is 10.2. The molecule has 2 heterocycles. The molecule has 0 aliphatic carbocycles. The Morgan fingerprint density at radius 2 is 1.74 bits per heavy atom. The van der Waals surface area contributed by atoms with Gasteiger partial charge in [-0.15, -0.1) is 0 Å². The molecule has 0 saturated carbocycles. The van der Waals surface area contributed by atoms with Crippen molar-refractivity contribution < 1.29 is 9.47 Å². The Morgan fingerprint density at radius 1 is 0.971 bits per heavy atom. The minimum Gasteiger partial charge on any atom is -0.497 e. The molecular formula is C29H26N4O2. The van der Waals surface area contributed by atoms with Gasteiger partial charge in [0.15, 0.2) is 5.65 Å². The van der Waals surface area contributed by atoms with Crippen molar-refractivity contribution in [3.63, 3.8) is 0 Å². The van der Waals surface area contributed by atoms with E-state index in [0.29, 0.717) is 29.1 Å². The summed E-state index contributed by atoms with van der Waals surface area (Å²) >= 11 is 0. The van der Waals surface area contributed by atoms with E-state index in [2.05, 4.69) is 30.4 Å². The number of hydrogen-bond donors (Lipinski definition) is 1. The largest absolute Gasteiger partial charge is 0.497 e. The van der Waals surface area contributed by atoms with Gasteiger partial charge in [0.1, 0.15) is 23.4 Å². The lowest BCUT2D eigenvalue weighted by Crippen LogP contribution is -2.10. The number of pyridine rings is 1. The second-order valence-electron chi connectivity index (χ2n) is 8.49. The fourth-order valence-electron chi connectivity index (χ4n) is 4.57. The molecule has 0 saturated heterocycles. The maximum Gasteiger partial charge on any atom is 0.157 e. The van der Waals surface area contributed by atoms with Crippen LogP contribution < -0.4 is 14.8 Å². The van der Waals surface area contributed by atoms with Crippen molar-refractivity contribution >= 4 is 28.2 Å². The minimum atomic E-state index is 0.577. The Bertz CT molecular complexity index is 1610. The van der Waals surface area contributed by atoms with Crippen LogP contribution in [-0.2, 0) is 6.42 Å². The second kappa shape index (κ2) is 9.03. The van der Waals surface area contributed by atoms with Gasteiger partial charge in [0.05, 0.1) is 36.5 Å². The van der Waals surface area contributed by atoms with Crippen LogP contribution in [0.15, 0.2) is 66.7 Å². The van der Waals surface area contributed by atoms with Gasteiger partial charge >= 0.3 is 0 Å². The second-order valence-corrected chi connectivity index (χ2v) is 8.49. The third-order valence-corrected chi connectivity index (χ3v) is 6.52. The van der Waals surface area contributed by atoms with Crippen molar-refractivity contribution in [3.8, 4) is 17.6 Å². The van der Waals surface area contributed by atoms with Crippen LogP contribution in [0, 0.1) is 25.2 Å². The Labute approximate surface area is 204 Å². The molecule has 0 radical (unpaired) electrons. The Balaban J connectivity index is 1.85. The van der Waals surface area contributed by atoms with Crippen LogP contribution in [0.3, 0.4) is 0 Å². The zero-order valence-corrected chi connectivity index (χ0v) is 20.2. The van der Waals surface area contributed by atoms with Crippen molar-refractivity contribution in [1.82, 2.24) is 9.38 Å². The van der Waals surface area contributed by atoms with E-state index in [1.807, 2.05) is 65.9 Å². The van der Waals surface area contributed by atoms with E-state index < -0.39 is 0 Å². The van der Waals surface area contributed by atoms with Crippen molar-refractivity contribution in [2.24, 2.45) is 0 Å². The number of nitriles is 1. The molecular weight excluding hydrogens is 436 g/mol. The molecule has 35 heavy (non-hydrogen) atoms. The van der Waals surface area contributed by atoms with Crippen molar-refractivity contribution in [2.45, 2.75) is 20.3 Å². The van der Waals surface area contributed by atoms with Crippen molar-refractivity contribution in [3.05, 3.63) is 94.5 Å². The molecule has 0 atom stereocenters. The molecule has 3 aromatic carbocycles. The Morgan fingerprint density at radius 3 is 2.49 bits per heavy atom. The molecule has 5 rings (SSSR count). The van der Waals surface area contributed by atoms with Gasteiger partial charge in [0.2, 0.25) is 0 Å². The van der Waals surface area contributed by atoms with Gasteiger partial charge in [-0.3, -0.25) is 4.40 Å². The Hall–Kier alpha value is -4.50. The summed E-state index contributed by atoms with van der Waals surface area (Å²) in [7, 11) is 3.29. The topological polar surface area (TPSA) is 71.6 Å². The van der Waals surface area contributed by atoms with E-state index in [4.69, 9.17) is 14.5 Å². The molecule has 2 aromatic heterocycles. The smallest absolute Gasteiger partial charge is 0.157 e. The summed E-state index contributed by atoms with van der Waals surface area (Å²) in [6, 6.07) is 24.3. The van der Waals surface area contributed by atoms with Gasteiger partial charge in [-0.05, 0) is 54.8 Å². The summed E-state index contributed by atoms with van der Waals surface area (Å²) in [5.74, 6) is 2.25. The molecule has 0 spiro atoms. The summed E-state index contributed by atoms with van der Waals surface area (Å²) in [5, 5.41) is 13.8. The highest BCUT2D eigenvalue weighted by molar-refractivity contribution is 5.87. The molecule has 6 heteroatoms. The molecule has 0 unspecified atom stereocenters. The molecule has 0 aliphatic rings. The van der Waals surface area contributed by atoms with Gasteiger partial charge in [0.25, 0.3) is 0 Å². The van der Waals surface area contributed by atoms with Crippen LogP contribution in [0.2, 0.25) is 0 Å². The van der Waals surface area contributed by atoms with Gasteiger partial charge in [-0.2, -0.15) is 5.26 Å². The first-order valence-electron chi connectivity index (χ1n) is 11.4. The number of aryl methyl sites for hydroxylation is 1. The van der Waals surface area contributed by atoms with E-state index in [0.717, 1.165) is 33.7 Å². The predicted octanol–water partition coefficient (Wildman–Crippen LogP) is 6.33. The zero-order chi connectivity index (χ0) is 24.5. The molecule has 0 aliphatic heterocycles. The number of benzene rings is 3. The molecule has 0 bridgehead atoms. The number of fused-ring (bicyclic) bond motifs is 3. The van der Waals surface area contributed by atoms with Gasteiger partial charge in [-0.25, -0.2) is 4.98 Å². The lowest BCUT2D eigenvalue weighted by molar-refractivity contribution is 0.405. The molecule has 6 nitrogen and oxygen atoms in total. The molecule has 174 valence electrons. The van der Waals surface area contributed by atoms with E-state index in [-0.39, 0.29) is 0 Å². The lowest BCUT2D eigenvalue weighted by atomic mass is 9.95. The number of methoxy groups -OCH3 is 2. The number of para-hydroxylation sites is 2. The number of ether oxygens (including phenoxy) is 2. The number of nitrogens with one attached hydrogen (secondary N) is 1. The number of aromatic nitrogens is 2. The quantitative estimate of drug-likeness (QED) is 0.319. The van der Waals surface area contributed by atoms with E-state index >= 15 is 0 Å². The van der Waals surface area contributed by atoms with E-state index in [1.54, 1.807) is 14.2 Å². The van der Waals surface area contributed by atoms with Gasteiger partial charge in [0, 0.05) is 18.1 Å². The summed E-state index contributed by atoms with van der Waals surface area (Å²) in [6.45, 7) is 4.11. The summed E-state index contributed by atoms with van der Waals surface area (Å²) in [6.07, 6.45) is 0.657. The van der Waals surface area contributed by atoms with Gasteiger partial charge in [-0.1, -0.05) is 36.4 Å². The normalized spacial score (nSPS) is 10.9. The lowest BCUT2D eigenvalue weighted by Gasteiger charge is -2.21. The first kappa shape index (κ1) is 22.3. The fraction of sp³-hybridized carbons (Fsp3) is 0.172. The molecule has 0 amide bonds. The number of hydrogen-bond acceptors (Lipinski definition) is 5. The predicted molar refractivity (Wildman–Crippen MR) is 139 cm³/mol. The highest BCUT2D eigenvalue weighted by Crippen LogP contribution is 2.37. The van der Waals surface area contributed by atoms with Crippen LogP contribution in [0.4, 0.5) is 11.5 Å². The first-order chi connectivity index (χ1) is 17.0. The zero-order valence-electron chi connectivity index (χ0n) is 20.2. The van der Waals surface area contributed by atoms with Gasteiger partial charge < -0.3 is 14.8 Å². The highest BCUT2D eigenvalue weighted by atomic mass is 16.5. The third kappa shape index (κ3) is 3.81. The summed E-state index contributed by atoms with van der Waals surface area (Å²) < 4.78 is 13.2. The van der Waals surface area contributed by atoms with Crippen LogP contribution in [0.1, 0.15) is 27.8 Å².